The molecule has 0 bridgehead atoms. The van der Waals surface area contributed by atoms with Gasteiger partial charge in [0.15, 0.2) is 0 Å². The molecule has 0 saturated carbocycles. The quantitative estimate of drug-likeness (QED) is 0.858. The lowest BCUT2D eigenvalue weighted by molar-refractivity contribution is -0.0291. The molecule has 1 saturated heterocycles. The Kier molecular flexibility index (Phi) is 5.17. The Hall–Kier alpha value is -0.900. The molecule has 0 spiro atoms. The predicted molar refractivity (Wildman–Crippen MR) is 74.8 cm³/mol. The Morgan fingerprint density at radius 2 is 2.00 bits per heavy atom. The molecule has 3 nitrogen and oxygen atoms in total. The van der Waals surface area contributed by atoms with Crippen molar-refractivity contribution in [2.75, 3.05) is 33.3 Å². The van der Waals surface area contributed by atoms with E-state index in [1.807, 2.05) is 7.05 Å². The lowest BCUT2D eigenvalue weighted by Crippen LogP contribution is -2.45. The molecule has 1 N–H and O–H groups in total. The molecule has 0 radical (unpaired) electrons. The fourth-order valence-corrected chi connectivity index (χ4v) is 2.41. The van der Waals surface area contributed by atoms with Gasteiger partial charge in [0.25, 0.3) is 0 Å². The zero-order valence-electron chi connectivity index (χ0n) is 11.5. The van der Waals surface area contributed by atoms with Crippen LogP contribution >= 0.6 is 0 Å². The van der Waals surface area contributed by atoms with Gasteiger partial charge in [-0.15, -0.1) is 0 Å². The summed E-state index contributed by atoms with van der Waals surface area (Å²) in [4.78, 5) is 2.48. The monoisotopic (exact) mass is 248 g/mol. The van der Waals surface area contributed by atoms with E-state index < -0.39 is 0 Å². The number of morpholine rings is 1. The Balaban J connectivity index is 1.87. The maximum atomic E-state index is 5.72. The van der Waals surface area contributed by atoms with Crippen molar-refractivity contribution in [2.45, 2.75) is 26.0 Å². The molecule has 3 heteroatoms. The number of likely N-dealkylation sites (N-methyl/N-ethyl adjacent to an activating group) is 1. The molecule has 1 heterocycles. The highest BCUT2D eigenvalue weighted by Crippen LogP contribution is 2.11. The number of nitrogens with zero attached hydrogens (tertiary/aromatic N) is 1. The summed E-state index contributed by atoms with van der Waals surface area (Å²) in [6, 6.07) is 8.98. The molecule has 1 fully saturated rings. The number of aryl methyl sites for hydroxylation is 1. The van der Waals surface area contributed by atoms with Crippen molar-refractivity contribution in [3.05, 3.63) is 35.4 Å². The number of rotatable bonds is 5. The summed E-state index contributed by atoms with van der Waals surface area (Å²) >= 11 is 0. The molecule has 1 aromatic carbocycles. The predicted octanol–water partition coefficient (Wildman–Crippen LogP) is 1.67. The molecular weight excluding hydrogens is 224 g/mol. The van der Waals surface area contributed by atoms with E-state index in [0.29, 0.717) is 6.10 Å². The van der Waals surface area contributed by atoms with Crippen LogP contribution in [-0.4, -0.2) is 44.3 Å². The molecule has 0 aromatic heterocycles. The number of benzene rings is 1. The number of nitrogens with one attached hydrogen (secondary N) is 1. The number of hydrogen-bond donors (Lipinski definition) is 1. The van der Waals surface area contributed by atoms with E-state index in [-0.39, 0.29) is 0 Å². The van der Waals surface area contributed by atoms with Gasteiger partial charge < -0.3 is 10.1 Å². The lowest BCUT2D eigenvalue weighted by atomic mass is 10.1. The van der Waals surface area contributed by atoms with Crippen LogP contribution in [0, 0.1) is 0 Å². The molecule has 0 amide bonds. The molecule has 1 aromatic rings. The average Bonchev–Trinajstić information content (AvgIpc) is 2.40. The Morgan fingerprint density at radius 3 is 2.67 bits per heavy atom. The zero-order valence-corrected chi connectivity index (χ0v) is 11.5. The van der Waals surface area contributed by atoms with Crippen molar-refractivity contribution in [3.63, 3.8) is 0 Å². The van der Waals surface area contributed by atoms with Crippen LogP contribution in [0.15, 0.2) is 24.3 Å². The van der Waals surface area contributed by atoms with Gasteiger partial charge in [-0.3, -0.25) is 4.90 Å². The molecule has 2 rings (SSSR count). The number of hydrogen-bond acceptors (Lipinski definition) is 3. The maximum absolute atomic E-state index is 5.72. The molecule has 1 aliphatic rings. The fourth-order valence-electron chi connectivity index (χ4n) is 2.41. The zero-order chi connectivity index (χ0) is 12.8. The first kappa shape index (κ1) is 13.5. The second-order valence-electron chi connectivity index (χ2n) is 4.96. The minimum Gasteiger partial charge on any atom is -0.374 e. The van der Waals surface area contributed by atoms with Crippen LogP contribution in [0.2, 0.25) is 0 Å². The highest BCUT2D eigenvalue weighted by molar-refractivity contribution is 5.22. The first-order valence-electron chi connectivity index (χ1n) is 6.88. The van der Waals surface area contributed by atoms with Crippen molar-refractivity contribution >= 4 is 0 Å². The van der Waals surface area contributed by atoms with Gasteiger partial charge in [-0.25, -0.2) is 0 Å². The third kappa shape index (κ3) is 3.80. The molecule has 18 heavy (non-hydrogen) atoms. The van der Waals surface area contributed by atoms with Gasteiger partial charge in [0.1, 0.15) is 0 Å². The summed E-state index contributed by atoms with van der Waals surface area (Å²) in [5.41, 5.74) is 2.81. The van der Waals surface area contributed by atoms with Crippen molar-refractivity contribution < 1.29 is 4.74 Å². The van der Waals surface area contributed by atoms with E-state index >= 15 is 0 Å². The second-order valence-corrected chi connectivity index (χ2v) is 4.96. The Morgan fingerprint density at radius 1 is 1.28 bits per heavy atom. The van der Waals surface area contributed by atoms with E-state index in [1.165, 1.54) is 11.1 Å². The van der Waals surface area contributed by atoms with Crippen LogP contribution in [0.1, 0.15) is 18.1 Å². The fraction of sp³-hybridized carbons (Fsp3) is 0.600. The van der Waals surface area contributed by atoms with Crippen LogP contribution in [0.3, 0.4) is 0 Å². The van der Waals surface area contributed by atoms with E-state index in [4.69, 9.17) is 4.74 Å². The van der Waals surface area contributed by atoms with Crippen LogP contribution in [0.5, 0.6) is 0 Å². The lowest BCUT2D eigenvalue weighted by Gasteiger charge is -2.32. The summed E-state index contributed by atoms with van der Waals surface area (Å²) in [5, 5.41) is 3.19. The molecule has 0 aliphatic carbocycles. The number of ether oxygens (including phenoxy) is 1. The van der Waals surface area contributed by atoms with Crippen molar-refractivity contribution in [1.82, 2.24) is 10.2 Å². The molecular formula is C15H24N2O. The van der Waals surface area contributed by atoms with Crippen LogP contribution < -0.4 is 5.32 Å². The van der Waals surface area contributed by atoms with E-state index in [9.17, 15) is 0 Å². The van der Waals surface area contributed by atoms with Crippen LogP contribution in [0.25, 0.3) is 0 Å². The SMILES string of the molecule is CCc1ccc(CN2CCOC(CNC)C2)cc1. The first-order chi connectivity index (χ1) is 8.81. The first-order valence-corrected chi connectivity index (χ1v) is 6.88. The van der Waals surface area contributed by atoms with Crippen molar-refractivity contribution in [1.29, 1.82) is 0 Å². The molecule has 1 unspecified atom stereocenters. The summed E-state index contributed by atoms with van der Waals surface area (Å²) in [5.74, 6) is 0. The largest absolute Gasteiger partial charge is 0.374 e. The normalized spacial score (nSPS) is 21.1. The van der Waals surface area contributed by atoms with Gasteiger partial charge in [0.2, 0.25) is 0 Å². The van der Waals surface area contributed by atoms with Crippen molar-refractivity contribution in [2.24, 2.45) is 0 Å². The summed E-state index contributed by atoms with van der Waals surface area (Å²) in [6.07, 6.45) is 1.45. The molecule has 1 aliphatic heterocycles. The van der Waals surface area contributed by atoms with E-state index in [0.717, 1.165) is 39.2 Å². The van der Waals surface area contributed by atoms with Gasteiger partial charge >= 0.3 is 0 Å². The summed E-state index contributed by atoms with van der Waals surface area (Å²) < 4.78 is 5.72. The topological polar surface area (TPSA) is 24.5 Å². The highest BCUT2D eigenvalue weighted by Gasteiger charge is 2.19. The summed E-state index contributed by atoms with van der Waals surface area (Å²) in [6.45, 7) is 7.07. The smallest absolute Gasteiger partial charge is 0.0826 e. The Labute approximate surface area is 110 Å². The third-order valence-corrected chi connectivity index (χ3v) is 3.49. The molecule has 100 valence electrons. The highest BCUT2D eigenvalue weighted by atomic mass is 16.5. The maximum Gasteiger partial charge on any atom is 0.0826 e. The minimum absolute atomic E-state index is 0.332. The van der Waals surface area contributed by atoms with E-state index in [2.05, 4.69) is 41.4 Å². The second kappa shape index (κ2) is 6.88. The third-order valence-electron chi connectivity index (χ3n) is 3.49. The average molecular weight is 248 g/mol. The van der Waals surface area contributed by atoms with Gasteiger partial charge in [-0.05, 0) is 24.6 Å². The van der Waals surface area contributed by atoms with Crippen LogP contribution in [-0.2, 0) is 17.7 Å². The van der Waals surface area contributed by atoms with E-state index in [1.54, 1.807) is 0 Å². The van der Waals surface area contributed by atoms with Gasteiger partial charge in [0, 0.05) is 26.2 Å². The van der Waals surface area contributed by atoms with Crippen molar-refractivity contribution in [3.8, 4) is 0 Å². The van der Waals surface area contributed by atoms with Gasteiger partial charge in [-0.1, -0.05) is 31.2 Å². The van der Waals surface area contributed by atoms with Gasteiger partial charge in [0.05, 0.1) is 12.7 Å². The van der Waals surface area contributed by atoms with Gasteiger partial charge in [-0.2, -0.15) is 0 Å². The van der Waals surface area contributed by atoms with Crippen LogP contribution in [0.4, 0.5) is 0 Å². The molecule has 1 atom stereocenters. The minimum atomic E-state index is 0.332. The standard InChI is InChI=1S/C15H24N2O/c1-3-13-4-6-14(7-5-13)11-17-8-9-18-15(12-17)10-16-2/h4-7,15-16H,3,8-12H2,1-2H3. The Bertz CT molecular complexity index is 348. The summed E-state index contributed by atoms with van der Waals surface area (Å²) in [7, 11) is 1.98.